The highest BCUT2D eigenvalue weighted by molar-refractivity contribution is 6.33. The van der Waals surface area contributed by atoms with Gasteiger partial charge in [0.2, 0.25) is 5.95 Å². The van der Waals surface area contributed by atoms with Crippen LogP contribution in [0.4, 0.5) is 11.8 Å². The van der Waals surface area contributed by atoms with Gasteiger partial charge in [0.1, 0.15) is 17.1 Å². The zero-order chi connectivity index (χ0) is 22.8. The molecule has 2 N–H and O–H groups in total. The summed E-state index contributed by atoms with van der Waals surface area (Å²) >= 11 is 6.27. The summed E-state index contributed by atoms with van der Waals surface area (Å²) in [6.07, 6.45) is 3.05. The Kier molecular flexibility index (Phi) is 5.79. The Labute approximate surface area is 189 Å². The Balaban J connectivity index is 1.93. The Bertz CT molecular complexity index is 1370. The molecule has 4 aromatic rings. The predicted molar refractivity (Wildman–Crippen MR) is 123 cm³/mol. The van der Waals surface area contributed by atoms with Crippen molar-refractivity contribution < 1.29 is 0 Å². The Hall–Kier alpha value is -3.90. The van der Waals surface area contributed by atoms with E-state index < -0.39 is 0 Å². The van der Waals surface area contributed by atoms with Crippen molar-refractivity contribution in [3.8, 4) is 11.8 Å². The number of anilines is 2. The average Bonchev–Trinajstić information content (AvgIpc) is 3.14. The molecule has 0 aliphatic carbocycles. The Morgan fingerprint density at radius 2 is 2.00 bits per heavy atom. The smallest absolute Gasteiger partial charge is 0.284 e. The minimum absolute atomic E-state index is 0.0637. The molecule has 32 heavy (non-hydrogen) atoms. The van der Waals surface area contributed by atoms with E-state index in [-0.39, 0.29) is 24.0 Å². The molecule has 1 aromatic carbocycles. The third-order valence-electron chi connectivity index (χ3n) is 4.84. The van der Waals surface area contributed by atoms with Gasteiger partial charge in [-0.1, -0.05) is 43.6 Å². The van der Waals surface area contributed by atoms with Crippen LogP contribution in [0.5, 0.6) is 0 Å². The van der Waals surface area contributed by atoms with E-state index in [0.717, 1.165) is 0 Å². The molecule has 0 fully saturated rings. The first-order valence-corrected chi connectivity index (χ1v) is 10.4. The maximum atomic E-state index is 13.5. The van der Waals surface area contributed by atoms with Crippen molar-refractivity contribution in [2.45, 2.75) is 20.4 Å². The summed E-state index contributed by atoms with van der Waals surface area (Å²) in [5.41, 5.74) is 6.77. The van der Waals surface area contributed by atoms with Gasteiger partial charge in [-0.25, -0.2) is 9.50 Å². The second-order valence-electron chi connectivity index (χ2n) is 7.70. The topological polar surface area (TPSA) is 118 Å². The van der Waals surface area contributed by atoms with Crippen LogP contribution in [0.1, 0.15) is 25.2 Å². The number of aromatic nitrogens is 5. The molecular formula is C22H21ClN8O. The van der Waals surface area contributed by atoms with Gasteiger partial charge in [-0.3, -0.25) is 9.36 Å². The van der Waals surface area contributed by atoms with Gasteiger partial charge >= 0.3 is 0 Å². The van der Waals surface area contributed by atoms with Crippen molar-refractivity contribution in [2.24, 2.45) is 5.92 Å². The zero-order valence-electron chi connectivity index (χ0n) is 17.6. The van der Waals surface area contributed by atoms with Gasteiger partial charge in [0, 0.05) is 12.7 Å². The van der Waals surface area contributed by atoms with E-state index in [4.69, 9.17) is 17.3 Å². The molecule has 0 spiro atoms. The molecule has 0 unspecified atom stereocenters. The molecule has 0 atom stereocenters. The third-order valence-corrected chi connectivity index (χ3v) is 5.15. The number of fused-ring (bicyclic) bond motifs is 1. The van der Waals surface area contributed by atoms with Gasteiger partial charge in [0.25, 0.3) is 5.56 Å². The normalized spacial score (nSPS) is 11.1. The lowest BCUT2D eigenvalue weighted by atomic mass is 10.2. The first kappa shape index (κ1) is 21.3. The number of para-hydroxylation sites is 1. The minimum Gasteiger partial charge on any atom is -0.368 e. The summed E-state index contributed by atoms with van der Waals surface area (Å²) in [5.74, 6) is 1.16. The molecule has 0 aliphatic heterocycles. The van der Waals surface area contributed by atoms with Crippen molar-refractivity contribution in [1.29, 1.82) is 5.26 Å². The van der Waals surface area contributed by atoms with Crippen molar-refractivity contribution in [3.63, 3.8) is 0 Å². The fourth-order valence-electron chi connectivity index (χ4n) is 3.56. The van der Waals surface area contributed by atoms with Crippen LogP contribution in [0.2, 0.25) is 5.02 Å². The van der Waals surface area contributed by atoms with Crippen molar-refractivity contribution in [1.82, 2.24) is 24.1 Å². The molecule has 0 saturated heterocycles. The van der Waals surface area contributed by atoms with E-state index in [2.05, 4.69) is 35.0 Å². The Morgan fingerprint density at radius 1 is 1.25 bits per heavy atom. The van der Waals surface area contributed by atoms with Crippen LogP contribution < -0.4 is 16.2 Å². The molecule has 0 amide bonds. The molecule has 10 heteroatoms. The van der Waals surface area contributed by atoms with Crippen LogP contribution in [0, 0.1) is 17.2 Å². The first-order valence-electron chi connectivity index (χ1n) is 10.0. The fraction of sp³-hybridized carbons (Fsp3) is 0.227. The van der Waals surface area contributed by atoms with Gasteiger partial charge in [-0.2, -0.15) is 15.3 Å². The highest BCUT2D eigenvalue weighted by atomic mass is 35.5. The number of halogens is 1. The molecule has 162 valence electrons. The quantitative estimate of drug-likeness (QED) is 0.481. The van der Waals surface area contributed by atoms with Gasteiger partial charge < -0.3 is 10.6 Å². The molecule has 0 saturated carbocycles. The minimum atomic E-state index is -0.289. The highest BCUT2D eigenvalue weighted by Gasteiger charge is 2.21. The monoisotopic (exact) mass is 448 g/mol. The van der Waals surface area contributed by atoms with Crippen LogP contribution in [-0.4, -0.2) is 30.7 Å². The summed E-state index contributed by atoms with van der Waals surface area (Å²) in [4.78, 5) is 23.6. The van der Waals surface area contributed by atoms with Gasteiger partial charge in [-0.15, -0.1) is 0 Å². The summed E-state index contributed by atoms with van der Waals surface area (Å²) in [6, 6.07) is 13.0. The van der Waals surface area contributed by atoms with Gasteiger partial charge in [0.05, 0.1) is 23.5 Å². The number of nitrogens with two attached hydrogens (primary N) is 1. The van der Waals surface area contributed by atoms with Crippen molar-refractivity contribution in [3.05, 3.63) is 75.6 Å². The van der Waals surface area contributed by atoms with Crippen molar-refractivity contribution >= 4 is 28.9 Å². The second kappa shape index (κ2) is 8.69. The third kappa shape index (κ3) is 4.00. The number of hydrogen-bond donors (Lipinski definition) is 1. The van der Waals surface area contributed by atoms with Gasteiger partial charge in [-0.05, 0) is 24.1 Å². The first-order chi connectivity index (χ1) is 15.4. The molecule has 3 aromatic heterocycles. The highest BCUT2D eigenvalue weighted by Crippen LogP contribution is 2.22. The number of benzene rings is 1. The average molecular weight is 449 g/mol. The summed E-state index contributed by atoms with van der Waals surface area (Å²) < 4.78 is 3.01. The largest absolute Gasteiger partial charge is 0.368 e. The van der Waals surface area contributed by atoms with E-state index in [9.17, 15) is 10.1 Å². The zero-order valence-corrected chi connectivity index (χ0v) is 18.4. The maximum absolute atomic E-state index is 13.5. The SMILES string of the molecule is CC(C)CN(Cc1nn2ccc(Cl)c2c(=O)n1-c1ccccc1)c1nc(N)ncc1C#N. The van der Waals surface area contributed by atoms with E-state index in [1.807, 2.05) is 35.2 Å². The molecule has 3 heterocycles. The van der Waals surface area contributed by atoms with Gasteiger partial charge in [0.15, 0.2) is 11.6 Å². The van der Waals surface area contributed by atoms with E-state index >= 15 is 0 Å². The summed E-state index contributed by atoms with van der Waals surface area (Å²) in [7, 11) is 0. The molecular weight excluding hydrogens is 428 g/mol. The lowest BCUT2D eigenvalue weighted by Crippen LogP contribution is -2.34. The number of nitrogen functional groups attached to an aromatic ring is 1. The standard InChI is InChI=1S/C22H21ClN8O/c1-14(2)12-29(20-15(10-24)11-26-22(25)27-20)13-18-28-30-9-8-17(23)19(30)21(32)31(18)16-6-4-3-5-7-16/h3-9,11,14H,12-13H2,1-2H3,(H2,25,26,27). The van der Waals surface area contributed by atoms with Crippen LogP contribution >= 0.6 is 11.6 Å². The lowest BCUT2D eigenvalue weighted by molar-refractivity contribution is 0.582. The molecule has 4 rings (SSSR count). The van der Waals surface area contributed by atoms with Crippen molar-refractivity contribution in [2.75, 3.05) is 17.2 Å². The van der Waals surface area contributed by atoms with E-state index in [0.29, 0.717) is 40.0 Å². The van der Waals surface area contributed by atoms with E-state index in [1.165, 1.54) is 15.3 Å². The number of rotatable bonds is 6. The van der Waals surface area contributed by atoms with Crippen LogP contribution in [0.25, 0.3) is 11.2 Å². The molecule has 0 radical (unpaired) electrons. The summed E-state index contributed by atoms with van der Waals surface area (Å²) in [5, 5.41) is 14.6. The molecule has 0 aliphatic rings. The Morgan fingerprint density at radius 3 is 2.69 bits per heavy atom. The fourth-order valence-corrected chi connectivity index (χ4v) is 3.79. The van der Waals surface area contributed by atoms with Crippen LogP contribution in [0.15, 0.2) is 53.6 Å². The number of hydrogen-bond acceptors (Lipinski definition) is 7. The van der Waals surface area contributed by atoms with Crippen LogP contribution in [0.3, 0.4) is 0 Å². The lowest BCUT2D eigenvalue weighted by Gasteiger charge is -2.27. The van der Waals surface area contributed by atoms with E-state index in [1.54, 1.807) is 12.3 Å². The maximum Gasteiger partial charge on any atom is 0.284 e. The molecule has 0 bridgehead atoms. The summed E-state index contributed by atoms with van der Waals surface area (Å²) in [6.45, 7) is 4.87. The number of nitriles is 1. The number of nitrogens with zero attached hydrogens (tertiary/aromatic N) is 7. The van der Waals surface area contributed by atoms with Crippen LogP contribution in [-0.2, 0) is 6.54 Å². The predicted octanol–water partition coefficient (Wildman–Crippen LogP) is 3.05. The second-order valence-corrected chi connectivity index (χ2v) is 8.11. The molecule has 9 nitrogen and oxygen atoms in total.